The van der Waals surface area contributed by atoms with Crippen LogP contribution in [0.3, 0.4) is 0 Å². The Bertz CT molecular complexity index is 547. The molecule has 0 atom stereocenters. The molecule has 0 aliphatic heterocycles. The van der Waals surface area contributed by atoms with E-state index in [9.17, 15) is 4.79 Å². The molecule has 2 aromatic rings. The number of benzene rings is 2. The molecule has 0 heterocycles. The number of aliphatic hydroxyl groups is 1. The maximum absolute atomic E-state index is 10.6. The number of rotatable bonds is 5. The van der Waals surface area contributed by atoms with E-state index in [1.54, 1.807) is 11.8 Å². The fraction of sp³-hybridized carbons (Fsp3) is 0.133. The predicted molar refractivity (Wildman–Crippen MR) is 74.3 cm³/mol. The summed E-state index contributed by atoms with van der Waals surface area (Å²) in [6.45, 7) is 0.0504. The lowest BCUT2D eigenvalue weighted by atomic mass is 10.2. The standard InChI is InChI=1S/C15H14O3S/c16-10-12-3-7-14(8-4-12)19-13-5-1-11(2-6-13)9-15(17)18/h1-8,16H,9-10H2,(H,17,18). The second-order valence-corrected chi connectivity index (χ2v) is 5.27. The van der Waals surface area contributed by atoms with Crippen molar-refractivity contribution in [2.45, 2.75) is 22.8 Å². The summed E-state index contributed by atoms with van der Waals surface area (Å²) in [4.78, 5) is 12.7. The molecule has 2 rings (SSSR count). The first-order valence-corrected chi connectivity index (χ1v) is 6.67. The fourth-order valence-corrected chi connectivity index (χ4v) is 2.47. The third-order valence-electron chi connectivity index (χ3n) is 2.62. The van der Waals surface area contributed by atoms with Gasteiger partial charge >= 0.3 is 5.97 Å². The van der Waals surface area contributed by atoms with Gasteiger partial charge in [-0.3, -0.25) is 4.79 Å². The van der Waals surface area contributed by atoms with E-state index < -0.39 is 5.97 Å². The molecular weight excluding hydrogens is 260 g/mol. The molecular formula is C15H14O3S. The molecule has 0 spiro atoms. The van der Waals surface area contributed by atoms with Gasteiger partial charge in [0.15, 0.2) is 0 Å². The van der Waals surface area contributed by atoms with Crippen molar-refractivity contribution in [2.75, 3.05) is 0 Å². The molecule has 0 aliphatic carbocycles. The van der Waals surface area contributed by atoms with E-state index in [1.807, 2.05) is 48.5 Å². The Balaban J connectivity index is 2.04. The highest BCUT2D eigenvalue weighted by Crippen LogP contribution is 2.28. The largest absolute Gasteiger partial charge is 0.481 e. The number of carboxylic acid groups (broad SMARTS) is 1. The van der Waals surface area contributed by atoms with E-state index in [0.717, 1.165) is 20.9 Å². The van der Waals surface area contributed by atoms with Crippen molar-refractivity contribution < 1.29 is 15.0 Å². The first-order valence-electron chi connectivity index (χ1n) is 5.86. The van der Waals surface area contributed by atoms with Crippen LogP contribution < -0.4 is 0 Å². The van der Waals surface area contributed by atoms with Crippen molar-refractivity contribution >= 4 is 17.7 Å². The maximum atomic E-state index is 10.6. The van der Waals surface area contributed by atoms with E-state index in [2.05, 4.69) is 0 Å². The van der Waals surface area contributed by atoms with Gasteiger partial charge in [-0.05, 0) is 35.4 Å². The van der Waals surface area contributed by atoms with Gasteiger partial charge in [0.2, 0.25) is 0 Å². The average Bonchev–Trinajstić information content (AvgIpc) is 2.41. The highest BCUT2D eigenvalue weighted by Gasteiger charge is 2.01. The second-order valence-electron chi connectivity index (χ2n) is 4.12. The van der Waals surface area contributed by atoms with Crippen LogP contribution in [0.25, 0.3) is 0 Å². The number of carbonyl (C=O) groups is 1. The van der Waals surface area contributed by atoms with Crippen LogP contribution in [0.2, 0.25) is 0 Å². The van der Waals surface area contributed by atoms with Crippen LogP contribution in [0, 0.1) is 0 Å². The van der Waals surface area contributed by atoms with Crippen LogP contribution in [0.4, 0.5) is 0 Å². The molecule has 0 unspecified atom stereocenters. The molecule has 0 aliphatic rings. The van der Waals surface area contributed by atoms with E-state index in [-0.39, 0.29) is 13.0 Å². The van der Waals surface area contributed by atoms with Crippen LogP contribution in [-0.2, 0) is 17.8 Å². The van der Waals surface area contributed by atoms with Gasteiger partial charge in [0.05, 0.1) is 13.0 Å². The minimum absolute atomic E-state index is 0.0504. The molecule has 0 saturated carbocycles. The molecule has 2 aromatic carbocycles. The summed E-state index contributed by atoms with van der Waals surface area (Å²) in [6, 6.07) is 15.2. The zero-order valence-corrected chi connectivity index (χ0v) is 11.1. The molecule has 0 amide bonds. The van der Waals surface area contributed by atoms with Crippen LogP contribution in [0.1, 0.15) is 11.1 Å². The zero-order valence-electron chi connectivity index (χ0n) is 10.2. The summed E-state index contributed by atoms with van der Waals surface area (Å²) >= 11 is 1.61. The maximum Gasteiger partial charge on any atom is 0.307 e. The number of carboxylic acids is 1. The summed E-state index contributed by atoms with van der Waals surface area (Å²) in [6.07, 6.45) is 0.0517. The van der Waals surface area contributed by atoms with Crippen LogP contribution in [0.15, 0.2) is 58.3 Å². The third kappa shape index (κ3) is 4.12. The SMILES string of the molecule is O=C(O)Cc1ccc(Sc2ccc(CO)cc2)cc1. The van der Waals surface area contributed by atoms with E-state index >= 15 is 0 Å². The van der Waals surface area contributed by atoms with Gasteiger partial charge in [-0.25, -0.2) is 0 Å². The van der Waals surface area contributed by atoms with Crippen molar-refractivity contribution in [1.82, 2.24) is 0 Å². The van der Waals surface area contributed by atoms with Gasteiger partial charge in [0.25, 0.3) is 0 Å². The number of hydrogen-bond acceptors (Lipinski definition) is 3. The Morgan fingerprint density at radius 2 is 1.37 bits per heavy atom. The van der Waals surface area contributed by atoms with Crippen molar-refractivity contribution in [3.63, 3.8) is 0 Å². The van der Waals surface area contributed by atoms with Gasteiger partial charge in [0, 0.05) is 9.79 Å². The molecule has 0 bridgehead atoms. The topological polar surface area (TPSA) is 57.5 Å². The molecule has 2 N–H and O–H groups in total. The molecule has 19 heavy (non-hydrogen) atoms. The monoisotopic (exact) mass is 274 g/mol. The molecule has 0 radical (unpaired) electrons. The normalized spacial score (nSPS) is 10.4. The Morgan fingerprint density at radius 3 is 1.79 bits per heavy atom. The first kappa shape index (κ1) is 13.6. The summed E-state index contributed by atoms with van der Waals surface area (Å²) < 4.78 is 0. The minimum atomic E-state index is -0.819. The van der Waals surface area contributed by atoms with Crippen molar-refractivity contribution in [2.24, 2.45) is 0 Å². The molecule has 3 nitrogen and oxygen atoms in total. The Labute approximate surface area is 115 Å². The second kappa shape index (κ2) is 6.41. The minimum Gasteiger partial charge on any atom is -0.481 e. The van der Waals surface area contributed by atoms with Gasteiger partial charge in [-0.1, -0.05) is 36.0 Å². The van der Waals surface area contributed by atoms with Gasteiger partial charge in [-0.2, -0.15) is 0 Å². The predicted octanol–water partition coefficient (Wildman–Crippen LogP) is 2.96. The van der Waals surface area contributed by atoms with Crippen LogP contribution in [-0.4, -0.2) is 16.2 Å². The third-order valence-corrected chi connectivity index (χ3v) is 3.64. The lowest BCUT2D eigenvalue weighted by Crippen LogP contribution is -1.99. The average molecular weight is 274 g/mol. The molecule has 0 saturated heterocycles. The molecule has 98 valence electrons. The van der Waals surface area contributed by atoms with E-state index in [1.165, 1.54) is 0 Å². The van der Waals surface area contributed by atoms with Crippen molar-refractivity contribution in [3.05, 3.63) is 59.7 Å². The van der Waals surface area contributed by atoms with Gasteiger partial charge in [0.1, 0.15) is 0 Å². The Kier molecular flexibility index (Phi) is 4.60. The fourth-order valence-electron chi connectivity index (χ4n) is 1.65. The van der Waals surface area contributed by atoms with Gasteiger partial charge < -0.3 is 10.2 Å². The molecule has 0 fully saturated rings. The summed E-state index contributed by atoms with van der Waals surface area (Å²) in [5, 5.41) is 17.7. The van der Waals surface area contributed by atoms with Crippen LogP contribution in [0.5, 0.6) is 0 Å². The van der Waals surface area contributed by atoms with Crippen molar-refractivity contribution in [1.29, 1.82) is 0 Å². The Hall–Kier alpha value is -1.78. The van der Waals surface area contributed by atoms with Crippen LogP contribution >= 0.6 is 11.8 Å². The number of aliphatic carboxylic acids is 1. The van der Waals surface area contributed by atoms with Crippen molar-refractivity contribution in [3.8, 4) is 0 Å². The summed E-state index contributed by atoms with van der Waals surface area (Å²) in [5.41, 5.74) is 1.69. The lowest BCUT2D eigenvalue weighted by Gasteiger charge is -2.04. The number of aliphatic hydroxyl groups excluding tert-OH is 1. The molecule has 0 aromatic heterocycles. The smallest absolute Gasteiger partial charge is 0.307 e. The summed E-state index contributed by atoms with van der Waals surface area (Å²) in [5.74, 6) is -0.819. The van der Waals surface area contributed by atoms with E-state index in [0.29, 0.717) is 0 Å². The first-order chi connectivity index (χ1) is 9.17. The summed E-state index contributed by atoms with van der Waals surface area (Å²) in [7, 11) is 0. The highest BCUT2D eigenvalue weighted by molar-refractivity contribution is 7.99. The van der Waals surface area contributed by atoms with E-state index in [4.69, 9.17) is 10.2 Å². The number of hydrogen-bond donors (Lipinski definition) is 2. The lowest BCUT2D eigenvalue weighted by molar-refractivity contribution is -0.136. The quantitative estimate of drug-likeness (QED) is 0.880. The zero-order chi connectivity index (χ0) is 13.7. The van der Waals surface area contributed by atoms with Gasteiger partial charge in [-0.15, -0.1) is 0 Å². The molecule has 4 heteroatoms. The Morgan fingerprint density at radius 1 is 0.895 bits per heavy atom. The highest BCUT2D eigenvalue weighted by atomic mass is 32.2.